The second-order valence-electron chi connectivity index (χ2n) is 18.6. The highest BCUT2D eigenvalue weighted by molar-refractivity contribution is 7.47. The number of nitrogens with zero attached hydrogens (tertiary/aromatic N) is 1. The quantitative estimate of drug-likeness (QED) is 0.0279. The minimum atomic E-state index is -4.34. The lowest BCUT2D eigenvalue weighted by molar-refractivity contribution is -0.870. The zero-order valence-electron chi connectivity index (χ0n) is 39.8. The summed E-state index contributed by atoms with van der Waals surface area (Å²) < 4.78 is 33.6. The molecule has 2 atom stereocenters. The van der Waals surface area contributed by atoms with Crippen molar-refractivity contribution in [3.8, 4) is 0 Å². The van der Waals surface area contributed by atoms with Gasteiger partial charge in [0.1, 0.15) is 19.8 Å². The second-order valence-corrected chi connectivity index (χ2v) is 20.0. The van der Waals surface area contributed by atoms with Crippen LogP contribution in [0.3, 0.4) is 0 Å². The van der Waals surface area contributed by atoms with Gasteiger partial charge in [-0.2, -0.15) is 0 Å². The molecule has 10 heteroatoms. The third-order valence-corrected chi connectivity index (χ3v) is 12.3. The summed E-state index contributed by atoms with van der Waals surface area (Å²) in [6.07, 6.45) is 46.8. The van der Waals surface area contributed by atoms with Gasteiger partial charge in [0.15, 0.2) is 6.10 Å². The molecule has 0 saturated carbocycles. The van der Waals surface area contributed by atoms with E-state index in [0.29, 0.717) is 23.9 Å². The summed E-state index contributed by atoms with van der Waals surface area (Å²) in [5.41, 5.74) is 0. The van der Waals surface area contributed by atoms with Gasteiger partial charge in [0.2, 0.25) is 0 Å². The van der Waals surface area contributed by atoms with Gasteiger partial charge in [-0.3, -0.25) is 18.6 Å². The first-order valence-corrected chi connectivity index (χ1v) is 26.8. The average molecular weight is 861 g/mol. The van der Waals surface area contributed by atoms with Crippen LogP contribution in [0.5, 0.6) is 0 Å². The third kappa shape index (κ3) is 46.3. The minimum Gasteiger partial charge on any atom is -0.462 e. The van der Waals surface area contributed by atoms with Gasteiger partial charge in [-0.1, -0.05) is 226 Å². The topological polar surface area (TPSA) is 108 Å². The van der Waals surface area contributed by atoms with Crippen molar-refractivity contribution < 1.29 is 42.1 Å². The first-order chi connectivity index (χ1) is 28.5. The molecule has 59 heavy (non-hydrogen) atoms. The minimum absolute atomic E-state index is 0.0340. The Bertz CT molecular complexity index is 974. The van der Waals surface area contributed by atoms with E-state index >= 15 is 0 Å². The van der Waals surface area contributed by atoms with E-state index in [4.69, 9.17) is 18.5 Å². The molecule has 0 aromatic rings. The molecule has 9 nitrogen and oxygen atoms in total. The monoisotopic (exact) mass is 861 g/mol. The summed E-state index contributed by atoms with van der Waals surface area (Å²) in [5, 5.41) is 0. The number of unbranched alkanes of at least 4 members (excludes halogenated alkanes) is 33. The van der Waals surface area contributed by atoms with E-state index in [0.717, 1.165) is 19.3 Å². The van der Waals surface area contributed by atoms with Crippen LogP contribution in [0.1, 0.15) is 251 Å². The van der Waals surface area contributed by atoms with Gasteiger partial charge in [-0.05, 0) is 12.8 Å². The number of phosphoric ester groups is 1. The normalized spacial score (nSPS) is 13.4. The SMILES string of the molecule is CCCCCCCCCCCCCCCCCCCCCCCCCCCCCCCCCCCCC(=O)OC[C@H](COP(=O)(O)OCC[N+](C)(C)C)OC(=O)CCC. The number of rotatable bonds is 47. The van der Waals surface area contributed by atoms with Crippen LogP contribution >= 0.6 is 7.82 Å². The van der Waals surface area contributed by atoms with Crippen LogP contribution in [0.25, 0.3) is 0 Å². The van der Waals surface area contributed by atoms with Crippen molar-refractivity contribution >= 4 is 19.8 Å². The molecule has 0 radical (unpaired) electrons. The molecule has 0 aliphatic heterocycles. The molecular formula is C49H99NO8P+. The van der Waals surface area contributed by atoms with Crippen LogP contribution in [0.2, 0.25) is 0 Å². The van der Waals surface area contributed by atoms with Crippen LogP contribution in [0.4, 0.5) is 0 Å². The maximum atomic E-state index is 12.3. The summed E-state index contributed by atoms with van der Waals surface area (Å²) in [4.78, 5) is 34.4. The average Bonchev–Trinajstić information content (AvgIpc) is 3.18. The van der Waals surface area contributed by atoms with Crippen LogP contribution in [0, 0.1) is 0 Å². The lowest BCUT2D eigenvalue weighted by Gasteiger charge is -2.24. The largest absolute Gasteiger partial charge is 0.472 e. The summed E-state index contributed by atoms with van der Waals surface area (Å²) in [7, 11) is 1.48. The molecule has 0 heterocycles. The maximum Gasteiger partial charge on any atom is 0.472 e. The van der Waals surface area contributed by atoms with Crippen molar-refractivity contribution in [1.82, 2.24) is 0 Å². The van der Waals surface area contributed by atoms with Crippen molar-refractivity contribution in [2.75, 3.05) is 47.5 Å². The molecule has 0 amide bonds. The molecular weight excluding hydrogens is 762 g/mol. The number of hydrogen-bond acceptors (Lipinski definition) is 7. The summed E-state index contributed by atoms with van der Waals surface area (Å²) in [6, 6.07) is 0. The van der Waals surface area contributed by atoms with E-state index < -0.39 is 26.5 Å². The summed E-state index contributed by atoms with van der Waals surface area (Å²) in [6.45, 7) is 4.06. The van der Waals surface area contributed by atoms with E-state index in [9.17, 15) is 19.0 Å². The number of hydrogen-bond donors (Lipinski definition) is 1. The molecule has 0 spiro atoms. The molecule has 0 aliphatic carbocycles. The van der Waals surface area contributed by atoms with E-state index in [1.165, 1.54) is 199 Å². The number of esters is 2. The smallest absolute Gasteiger partial charge is 0.462 e. The molecule has 0 bridgehead atoms. The first kappa shape index (κ1) is 58.0. The van der Waals surface area contributed by atoms with E-state index in [-0.39, 0.29) is 25.6 Å². The van der Waals surface area contributed by atoms with E-state index in [2.05, 4.69) is 6.92 Å². The van der Waals surface area contributed by atoms with Gasteiger partial charge in [-0.15, -0.1) is 0 Å². The summed E-state index contributed by atoms with van der Waals surface area (Å²) in [5.74, 6) is -0.846. The Hall–Kier alpha value is -0.990. The van der Waals surface area contributed by atoms with E-state index in [1.807, 2.05) is 28.1 Å². The van der Waals surface area contributed by atoms with Gasteiger partial charge in [0, 0.05) is 12.8 Å². The maximum absolute atomic E-state index is 12.3. The number of ether oxygens (including phenoxy) is 2. The first-order valence-electron chi connectivity index (χ1n) is 25.3. The Balaban J connectivity index is 3.55. The fraction of sp³-hybridized carbons (Fsp3) is 0.959. The number of phosphoric acid groups is 1. The Morgan fingerprint density at radius 2 is 0.797 bits per heavy atom. The van der Waals surface area contributed by atoms with Crippen LogP contribution < -0.4 is 0 Å². The molecule has 0 rings (SSSR count). The van der Waals surface area contributed by atoms with Crippen molar-refractivity contribution in [3.63, 3.8) is 0 Å². The van der Waals surface area contributed by atoms with Crippen molar-refractivity contribution in [3.05, 3.63) is 0 Å². The molecule has 352 valence electrons. The zero-order chi connectivity index (χ0) is 43.6. The highest BCUT2D eigenvalue weighted by Crippen LogP contribution is 2.43. The van der Waals surface area contributed by atoms with Crippen molar-refractivity contribution in [2.45, 2.75) is 258 Å². The summed E-state index contributed by atoms with van der Waals surface area (Å²) >= 11 is 0. The zero-order valence-corrected chi connectivity index (χ0v) is 40.7. The van der Waals surface area contributed by atoms with Gasteiger partial charge >= 0.3 is 19.8 Å². The highest BCUT2D eigenvalue weighted by atomic mass is 31.2. The van der Waals surface area contributed by atoms with Gasteiger partial charge in [0.05, 0.1) is 27.7 Å². The fourth-order valence-electron chi connectivity index (χ4n) is 7.47. The van der Waals surface area contributed by atoms with Crippen molar-refractivity contribution in [2.24, 2.45) is 0 Å². The Morgan fingerprint density at radius 1 is 0.458 bits per heavy atom. The molecule has 0 aromatic heterocycles. The Morgan fingerprint density at radius 3 is 1.12 bits per heavy atom. The van der Waals surface area contributed by atoms with Crippen LogP contribution in [0.15, 0.2) is 0 Å². The Kier molecular flexibility index (Phi) is 41.6. The molecule has 0 fully saturated rings. The van der Waals surface area contributed by atoms with Gasteiger partial charge in [-0.25, -0.2) is 4.57 Å². The second kappa shape index (κ2) is 42.3. The number of likely N-dealkylation sites (N-methyl/N-ethyl adjacent to an activating group) is 1. The number of carbonyl (C=O) groups is 2. The third-order valence-electron chi connectivity index (χ3n) is 11.4. The Labute approximate surface area is 365 Å². The number of quaternary nitrogens is 1. The van der Waals surface area contributed by atoms with Gasteiger partial charge in [0.25, 0.3) is 0 Å². The van der Waals surface area contributed by atoms with E-state index in [1.54, 1.807) is 0 Å². The number of carbonyl (C=O) groups excluding carboxylic acids is 2. The molecule has 1 N–H and O–H groups in total. The molecule has 0 aliphatic rings. The molecule has 0 saturated heterocycles. The van der Waals surface area contributed by atoms with Crippen LogP contribution in [-0.4, -0.2) is 74.9 Å². The highest BCUT2D eigenvalue weighted by Gasteiger charge is 2.27. The van der Waals surface area contributed by atoms with Crippen LogP contribution in [-0.2, 0) is 32.7 Å². The predicted molar refractivity (Wildman–Crippen MR) is 248 cm³/mol. The van der Waals surface area contributed by atoms with Gasteiger partial charge < -0.3 is 18.9 Å². The molecule has 0 aromatic carbocycles. The lowest BCUT2D eigenvalue weighted by Crippen LogP contribution is -2.37. The standard InChI is InChI=1S/C49H98NO8P/c1-6-8-9-10-11-12-13-14-15-16-17-18-19-20-21-22-23-24-25-26-27-28-29-30-31-32-33-34-35-36-37-38-39-40-42-48(51)55-45-47(58-49(52)41-7-2)46-57-59(53,54)56-44-43-50(3,4)5/h47H,6-46H2,1-5H3/p+1/t47-/m1/s1. The lowest BCUT2D eigenvalue weighted by atomic mass is 10.0. The molecule has 1 unspecified atom stereocenters. The predicted octanol–water partition coefficient (Wildman–Crippen LogP) is 14.8. The van der Waals surface area contributed by atoms with Crippen molar-refractivity contribution in [1.29, 1.82) is 0 Å². The fourth-order valence-corrected chi connectivity index (χ4v) is 8.21.